The largest absolute Gasteiger partial charge is 0.497 e. The SMILES string of the molecule is COc1ccc2c(c1)C(CN)CN(C)C2. The number of methoxy groups -OCH3 is 1. The molecule has 2 N–H and O–H groups in total. The van der Waals surface area contributed by atoms with E-state index in [4.69, 9.17) is 10.5 Å². The maximum atomic E-state index is 5.80. The van der Waals surface area contributed by atoms with Crippen LogP contribution < -0.4 is 10.5 Å². The topological polar surface area (TPSA) is 38.5 Å². The molecule has 0 bridgehead atoms. The Hall–Kier alpha value is -1.06. The summed E-state index contributed by atoms with van der Waals surface area (Å²) in [5, 5.41) is 0. The second-order valence-electron chi connectivity index (χ2n) is 4.19. The molecule has 82 valence electrons. The predicted octanol–water partition coefficient (Wildman–Crippen LogP) is 1.18. The Morgan fingerprint density at radius 2 is 2.33 bits per heavy atom. The standard InChI is InChI=1S/C12H18N2O/c1-14-7-9-3-4-11(15-2)5-12(9)10(6-13)8-14/h3-5,10H,6-8,13H2,1-2H3. The van der Waals surface area contributed by atoms with Crippen LogP contribution in [-0.2, 0) is 6.54 Å². The highest BCUT2D eigenvalue weighted by atomic mass is 16.5. The molecule has 1 aliphatic rings. The average Bonchev–Trinajstić information content (AvgIpc) is 2.27. The van der Waals surface area contributed by atoms with E-state index in [1.807, 2.05) is 6.07 Å². The van der Waals surface area contributed by atoms with Crippen molar-refractivity contribution in [3.63, 3.8) is 0 Å². The van der Waals surface area contributed by atoms with Gasteiger partial charge in [-0.2, -0.15) is 0 Å². The Kier molecular flexibility index (Phi) is 2.93. The Bertz CT molecular complexity index is 351. The number of hydrogen-bond donors (Lipinski definition) is 1. The minimum Gasteiger partial charge on any atom is -0.497 e. The maximum Gasteiger partial charge on any atom is 0.119 e. The van der Waals surface area contributed by atoms with Crippen LogP contribution in [0.4, 0.5) is 0 Å². The molecule has 1 aromatic carbocycles. The summed E-state index contributed by atoms with van der Waals surface area (Å²) in [5.74, 6) is 1.37. The summed E-state index contributed by atoms with van der Waals surface area (Å²) in [4.78, 5) is 2.31. The summed E-state index contributed by atoms with van der Waals surface area (Å²) < 4.78 is 5.25. The van der Waals surface area contributed by atoms with Gasteiger partial charge in [0, 0.05) is 25.6 Å². The van der Waals surface area contributed by atoms with Gasteiger partial charge in [0.25, 0.3) is 0 Å². The third-order valence-corrected chi connectivity index (χ3v) is 3.05. The number of nitrogens with two attached hydrogens (primary N) is 1. The fourth-order valence-electron chi connectivity index (χ4n) is 2.26. The van der Waals surface area contributed by atoms with Crippen LogP contribution in [0.15, 0.2) is 18.2 Å². The van der Waals surface area contributed by atoms with E-state index < -0.39 is 0 Å². The van der Waals surface area contributed by atoms with Crippen molar-refractivity contribution in [2.75, 3.05) is 27.2 Å². The molecular weight excluding hydrogens is 188 g/mol. The van der Waals surface area contributed by atoms with Crippen molar-refractivity contribution < 1.29 is 4.74 Å². The van der Waals surface area contributed by atoms with Gasteiger partial charge in [-0.1, -0.05) is 6.07 Å². The Balaban J connectivity index is 2.38. The zero-order valence-corrected chi connectivity index (χ0v) is 9.36. The molecule has 0 spiro atoms. The fourth-order valence-corrected chi connectivity index (χ4v) is 2.26. The van der Waals surface area contributed by atoms with Crippen molar-refractivity contribution in [2.24, 2.45) is 5.73 Å². The second-order valence-corrected chi connectivity index (χ2v) is 4.19. The van der Waals surface area contributed by atoms with Gasteiger partial charge in [0.2, 0.25) is 0 Å². The summed E-state index contributed by atoms with van der Waals surface area (Å²) in [6.07, 6.45) is 0. The van der Waals surface area contributed by atoms with Gasteiger partial charge in [0.15, 0.2) is 0 Å². The number of ether oxygens (including phenoxy) is 1. The molecule has 2 rings (SSSR count). The van der Waals surface area contributed by atoms with Crippen LogP contribution in [0.2, 0.25) is 0 Å². The molecule has 0 aliphatic carbocycles. The third-order valence-electron chi connectivity index (χ3n) is 3.05. The van der Waals surface area contributed by atoms with Crippen molar-refractivity contribution in [1.82, 2.24) is 4.90 Å². The third kappa shape index (κ3) is 1.98. The van der Waals surface area contributed by atoms with Crippen LogP contribution in [0.1, 0.15) is 17.0 Å². The number of nitrogens with zero attached hydrogens (tertiary/aromatic N) is 1. The van der Waals surface area contributed by atoms with Crippen LogP contribution >= 0.6 is 0 Å². The molecule has 0 saturated heterocycles. The van der Waals surface area contributed by atoms with Gasteiger partial charge >= 0.3 is 0 Å². The highest BCUT2D eigenvalue weighted by Crippen LogP contribution is 2.29. The molecule has 0 saturated carbocycles. The van der Waals surface area contributed by atoms with Crippen molar-refractivity contribution in [3.05, 3.63) is 29.3 Å². The normalized spacial score (nSPS) is 21.1. The molecule has 3 heteroatoms. The summed E-state index contributed by atoms with van der Waals surface area (Å²) in [7, 11) is 3.84. The smallest absolute Gasteiger partial charge is 0.119 e. The summed E-state index contributed by atoms with van der Waals surface area (Å²) >= 11 is 0. The molecule has 1 aliphatic heterocycles. The van der Waals surface area contributed by atoms with Crippen molar-refractivity contribution >= 4 is 0 Å². The molecule has 1 unspecified atom stereocenters. The minimum atomic E-state index is 0.439. The molecule has 0 fully saturated rings. The van der Waals surface area contributed by atoms with Gasteiger partial charge in [0.1, 0.15) is 5.75 Å². The van der Waals surface area contributed by atoms with E-state index in [0.717, 1.165) is 18.8 Å². The van der Waals surface area contributed by atoms with Crippen LogP contribution in [0.25, 0.3) is 0 Å². The number of fused-ring (bicyclic) bond motifs is 1. The summed E-state index contributed by atoms with van der Waals surface area (Å²) in [5.41, 5.74) is 8.54. The first-order valence-corrected chi connectivity index (χ1v) is 5.30. The first-order valence-electron chi connectivity index (χ1n) is 5.30. The molecule has 0 amide bonds. The van der Waals surface area contributed by atoms with E-state index in [1.165, 1.54) is 11.1 Å². The van der Waals surface area contributed by atoms with E-state index in [1.54, 1.807) is 7.11 Å². The van der Waals surface area contributed by atoms with E-state index in [0.29, 0.717) is 12.5 Å². The number of benzene rings is 1. The Morgan fingerprint density at radius 1 is 1.53 bits per heavy atom. The van der Waals surface area contributed by atoms with E-state index in [2.05, 4.69) is 24.1 Å². The Morgan fingerprint density at radius 3 is 3.00 bits per heavy atom. The van der Waals surface area contributed by atoms with E-state index in [9.17, 15) is 0 Å². The molecule has 1 heterocycles. The first kappa shape index (κ1) is 10.5. The number of rotatable bonds is 2. The average molecular weight is 206 g/mol. The summed E-state index contributed by atoms with van der Waals surface area (Å²) in [6, 6.07) is 6.29. The lowest BCUT2D eigenvalue weighted by atomic mass is 9.90. The zero-order chi connectivity index (χ0) is 10.8. The number of hydrogen-bond acceptors (Lipinski definition) is 3. The van der Waals surface area contributed by atoms with Gasteiger partial charge in [-0.25, -0.2) is 0 Å². The zero-order valence-electron chi connectivity index (χ0n) is 9.36. The molecular formula is C12H18N2O. The second kappa shape index (κ2) is 4.21. The van der Waals surface area contributed by atoms with Gasteiger partial charge in [-0.05, 0) is 30.3 Å². The van der Waals surface area contributed by atoms with Gasteiger partial charge < -0.3 is 15.4 Å². The van der Waals surface area contributed by atoms with Crippen LogP contribution in [0.5, 0.6) is 5.75 Å². The highest BCUT2D eigenvalue weighted by Gasteiger charge is 2.22. The molecule has 0 aromatic heterocycles. The molecule has 15 heavy (non-hydrogen) atoms. The summed E-state index contributed by atoms with van der Waals surface area (Å²) in [6.45, 7) is 2.75. The van der Waals surface area contributed by atoms with E-state index >= 15 is 0 Å². The van der Waals surface area contributed by atoms with Gasteiger partial charge in [-0.3, -0.25) is 0 Å². The maximum absolute atomic E-state index is 5.80. The molecule has 1 aromatic rings. The van der Waals surface area contributed by atoms with E-state index in [-0.39, 0.29) is 0 Å². The van der Waals surface area contributed by atoms with Crippen LogP contribution in [-0.4, -0.2) is 32.1 Å². The van der Waals surface area contributed by atoms with Crippen molar-refractivity contribution in [3.8, 4) is 5.75 Å². The van der Waals surface area contributed by atoms with Crippen molar-refractivity contribution in [2.45, 2.75) is 12.5 Å². The van der Waals surface area contributed by atoms with Crippen LogP contribution in [0, 0.1) is 0 Å². The first-order chi connectivity index (χ1) is 7.24. The lowest BCUT2D eigenvalue weighted by molar-refractivity contribution is 0.282. The monoisotopic (exact) mass is 206 g/mol. The Labute approximate surface area is 90.8 Å². The fraction of sp³-hybridized carbons (Fsp3) is 0.500. The molecule has 1 atom stereocenters. The predicted molar refractivity (Wildman–Crippen MR) is 61.1 cm³/mol. The quantitative estimate of drug-likeness (QED) is 0.789. The minimum absolute atomic E-state index is 0.439. The highest BCUT2D eigenvalue weighted by molar-refractivity contribution is 5.39. The lowest BCUT2D eigenvalue weighted by Gasteiger charge is -2.31. The van der Waals surface area contributed by atoms with Gasteiger partial charge in [-0.15, -0.1) is 0 Å². The number of likely N-dealkylation sites (N-methyl/N-ethyl adjacent to an activating group) is 1. The molecule has 3 nitrogen and oxygen atoms in total. The molecule has 0 radical (unpaired) electrons. The van der Waals surface area contributed by atoms with Crippen molar-refractivity contribution in [1.29, 1.82) is 0 Å². The van der Waals surface area contributed by atoms with Crippen LogP contribution in [0.3, 0.4) is 0 Å². The lowest BCUT2D eigenvalue weighted by Crippen LogP contribution is -2.33. The van der Waals surface area contributed by atoms with Gasteiger partial charge in [0.05, 0.1) is 7.11 Å².